The van der Waals surface area contributed by atoms with E-state index in [1.165, 1.54) is 23.1 Å². The molecule has 0 atom stereocenters. The average molecular weight is 367 g/mol. The molecule has 2 aromatic heterocycles. The lowest BCUT2D eigenvalue weighted by molar-refractivity contribution is 0.528. The number of rotatable bonds is 6. The van der Waals surface area contributed by atoms with Crippen LogP contribution in [0.1, 0.15) is 5.89 Å². The van der Waals surface area contributed by atoms with E-state index in [0.29, 0.717) is 17.5 Å². The molecule has 4 aromatic rings. The Balaban J connectivity index is 1.37. The van der Waals surface area contributed by atoms with Crippen LogP contribution in [0.4, 0.5) is 10.8 Å². The van der Waals surface area contributed by atoms with Crippen molar-refractivity contribution >= 4 is 33.9 Å². The number of para-hydroxylation sites is 1. The minimum atomic E-state index is 0.528. The molecule has 4 rings (SSSR count). The monoisotopic (exact) mass is 367 g/mol. The first-order valence-corrected chi connectivity index (χ1v) is 9.33. The maximum atomic E-state index is 5.69. The highest BCUT2D eigenvalue weighted by Gasteiger charge is 2.11. The van der Waals surface area contributed by atoms with E-state index in [2.05, 4.69) is 25.7 Å². The lowest BCUT2D eigenvalue weighted by atomic mass is 10.2. The van der Waals surface area contributed by atoms with Crippen molar-refractivity contribution in [1.82, 2.24) is 20.4 Å². The quantitative estimate of drug-likeness (QED) is 0.498. The van der Waals surface area contributed by atoms with Gasteiger partial charge in [-0.2, -0.15) is 0 Å². The van der Waals surface area contributed by atoms with Crippen LogP contribution < -0.4 is 5.32 Å². The van der Waals surface area contributed by atoms with Gasteiger partial charge in [-0.1, -0.05) is 59.5 Å². The minimum Gasteiger partial charge on any atom is -0.420 e. The summed E-state index contributed by atoms with van der Waals surface area (Å²) >= 11 is 3.01. The van der Waals surface area contributed by atoms with Crippen molar-refractivity contribution < 1.29 is 4.42 Å². The SMILES string of the molecule is c1ccc(Nc2nnc(SCc3nnc(-c4ccccc4)o3)s2)cc1. The van der Waals surface area contributed by atoms with Gasteiger partial charge in [0.2, 0.25) is 16.9 Å². The summed E-state index contributed by atoms with van der Waals surface area (Å²) in [5.41, 5.74) is 1.90. The first-order chi connectivity index (χ1) is 12.4. The fourth-order valence-electron chi connectivity index (χ4n) is 2.10. The van der Waals surface area contributed by atoms with Crippen molar-refractivity contribution in [2.24, 2.45) is 0 Å². The number of hydrogen-bond acceptors (Lipinski definition) is 8. The molecule has 0 unspecified atom stereocenters. The summed E-state index contributed by atoms with van der Waals surface area (Å²) in [6, 6.07) is 19.6. The second-order valence-electron chi connectivity index (χ2n) is 5.02. The third-order valence-electron chi connectivity index (χ3n) is 3.24. The van der Waals surface area contributed by atoms with Crippen LogP contribution in [-0.2, 0) is 5.75 Å². The van der Waals surface area contributed by atoms with E-state index >= 15 is 0 Å². The van der Waals surface area contributed by atoms with E-state index < -0.39 is 0 Å². The molecule has 0 aliphatic carbocycles. The standard InChI is InChI=1S/C17H13N5OS2/c1-3-7-12(8-4-1)15-20-19-14(23-15)11-24-17-22-21-16(25-17)18-13-9-5-2-6-10-13/h1-10H,11H2,(H,18,21). The number of nitrogens with one attached hydrogen (secondary N) is 1. The van der Waals surface area contributed by atoms with E-state index in [4.69, 9.17) is 4.42 Å². The molecule has 6 nitrogen and oxygen atoms in total. The second-order valence-corrected chi connectivity index (χ2v) is 7.22. The molecule has 2 aromatic carbocycles. The Kier molecular flexibility index (Phi) is 4.71. The van der Waals surface area contributed by atoms with Crippen molar-refractivity contribution in [2.45, 2.75) is 10.1 Å². The number of anilines is 2. The number of aromatic nitrogens is 4. The molecule has 0 radical (unpaired) electrons. The van der Waals surface area contributed by atoms with Crippen LogP contribution in [0.15, 0.2) is 69.4 Å². The minimum absolute atomic E-state index is 0.528. The van der Waals surface area contributed by atoms with Gasteiger partial charge in [-0.25, -0.2) is 0 Å². The highest BCUT2D eigenvalue weighted by atomic mass is 32.2. The molecule has 2 heterocycles. The van der Waals surface area contributed by atoms with E-state index in [1.54, 1.807) is 0 Å². The molecular formula is C17H13N5OS2. The van der Waals surface area contributed by atoms with Crippen LogP contribution in [0, 0.1) is 0 Å². The summed E-state index contributed by atoms with van der Waals surface area (Å²) in [6.07, 6.45) is 0. The molecule has 0 fully saturated rings. The van der Waals surface area contributed by atoms with Crippen LogP contribution in [0.25, 0.3) is 11.5 Å². The third-order valence-corrected chi connectivity index (χ3v) is 5.19. The van der Waals surface area contributed by atoms with Crippen LogP contribution in [0.5, 0.6) is 0 Å². The zero-order chi connectivity index (χ0) is 16.9. The fraction of sp³-hybridized carbons (Fsp3) is 0.0588. The summed E-state index contributed by atoms with van der Waals surface area (Å²) in [5.74, 6) is 1.65. The maximum absolute atomic E-state index is 5.69. The molecule has 0 aliphatic heterocycles. The van der Waals surface area contributed by atoms with Crippen molar-refractivity contribution in [3.63, 3.8) is 0 Å². The number of benzene rings is 2. The summed E-state index contributed by atoms with van der Waals surface area (Å²) in [4.78, 5) is 0. The van der Waals surface area contributed by atoms with E-state index in [9.17, 15) is 0 Å². The summed E-state index contributed by atoms with van der Waals surface area (Å²) in [5, 5.41) is 20.5. The normalized spacial score (nSPS) is 10.7. The first kappa shape index (κ1) is 15.8. The van der Waals surface area contributed by atoms with Gasteiger partial charge in [0.05, 0.1) is 5.75 Å². The van der Waals surface area contributed by atoms with Gasteiger partial charge in [-0.05, 0) is 24.3 Å². The maximum Gasteiger partial charge on any atom is 0.247 e. The van der Waals surface area contributed by atoms with E-state index in [-0.39, 0.29) is 0 Å². The van der Waals surface area contributed by atoms with Crippen molar-refractivity contribution in [3.05, 3.63) is 66.6 Å². The van der Waals surface area contributed by atoms with Gasteiger partial charge < -0.3 is 9.73 Å². The van der Waals surface area contributed by atoms with Crippen LogP contribution >= 0.6 is 23.1 Å². The molecule has 0 saturated heterocycles. The van der Waals surface area contributed by atoms with Crippen LogP contribution in [-0.4, -0.2) is 20.4 Å². The summed E-state index contributed by atoms with van der Waals surface area (Å²) in [6.45, 7) is 0. The topological polar surface area (TPSA) is 76.7 Å². The lowest BCUT2D eigenvalue weighted by Crippen LogP contribution is -1.87. The Bertz CT molecular complexity index is 940. The predicted octanol–water partition coefficient (Wildman–Crippen LogP) is 4.62. The van der Waals surface area contributed by atoms with Gasteiger partial charge in [0.25, 0.3) is 0 Å². The van der Waals surface area contributed by atoms with Crippen molar-refractivity contribution in [3.8, 4) is 11.5 Å². The van der Waals surface area contributed by atoms with Gasteiger partial charge in [-0.3, -0.25) is 0 Å². The smallest absolute Gasteiger partial charge is 0.247 e. The largest absolute Gasteiger partial charge is 0.420 e. The van der Waals surface area contributed by atoms with Gasteiger partial charge >= 0.3 is 0 Å². The Labute approximate surface area is 152 Å². The Morgan fingerprint density at radius 3 is 2.44 bits per heavy atom. The number of thioether (sulfide) groups is 1. The molecule has 1 N–H and O–H groups in total. The Hall–Kier alpha value is -2.71. The molecule has 0 amide bonds. The number of hydrogen-bond donors (Lipinski definition) is 1. The van der Waals surface area contributed by atoms with Crippen LogP contribution in [0.2, 0.25) is 0 Å². The van der Waals surface area contributed by atoms with Crippen molar-refractivity contribution in [1.29, 1.82) is 0 Å². The van der Waals surface area contributed by atoms with Gasteiger partial charge in [0.15, 0.2) is 4.34 Å². The average Bonchev–Trinajstić information content (AvgIpc) is 3.31. The van der Waals surface area contributed by atoms with Gasteiger partial charge in [0.1, 0.15) is 0 Å². The molecule has 0 bridgehead atoms. The molecule has 0 saturated carbocycles. The predicted molar refractivity (Wildman–Crippen MR) is 98.9 cm³/mol. The highest BCUT2D eigenvalue weighted by Crippen LogP contribution is 2.30. The molecule has 25 heavy (non-hydrogen) atoms. The summed E-state index contributed by atoms with van der Waals surface area (Å²) in [7, 11) is 0. The van der Waals surface area contributed by atoms with E-state index in [0.717, 1.165) is 20.7 Å². The third kappa shape index (κ3) is 4.04. The zero-order valence-corrected chi connectivity index (χ0v) is 14.6. The Morgan fingerprint density at radius 1 is 0.880 bits per heavy atom. The molecule has 8 heteroatoms. The first-order valence-electron chi connectivity index (χ1n) is 7.53. The van der Waals surface area contributed by atoms with Gasteiger partial charge in [-0.15, -0.1) is 20.4 Å². The number of nitrogens with zero attached hydrogens (tertiary/aromatic N) is 4. The van der Waals surface area contributed by atoms with E-state index in [1.807, 2.05) is 60.7 Å². The van der Waals surface area contributed by atoms with Crippen molar-refractivity contribution in [2.75, 3.05) is 5.32 Å². The molecule has 124 valence electrons. The fourth-order valence-corrected chi connectivity index (χ4v) is 3.71. The zero-order valence-electron chi connectivity index (χ0n) is 13.0. The van der Waals surface area contributed by atoms with Crippen LogP contribution in [0.3, 0.4) is 0 Å². The van der Waals surface area contributed by atoms with Gasteiger partial charge in [0, 0.05) is 11.3 Å². The Morgan fingerprint density at radius 2 is 1.64 bits per heavy atom. The second kappa shape index (κ2) is 7.45. The molecule has 0 spiro atoms. The molecule has 0 aliphatic rings. The highest BCUT2D eigenvalue weighted by molar-refractivity contribution is 8.00. The summed E-state index contributed by atoms with van der Waals surface area (Å²) < 4.78 is 6.54. The lowest BCUT2D eigenvalue weighted by Gasteiger charge is -1.99. The molecular weight excluding hydrogens is 354 g/mol.